The first-order chi connectivity index (χ1) is 8.15. The molecule has 5 heteroatoms. The Bertz CT molecular complexity index is 349. The maximum absolute atomic E-state index is 11.5. The van der Waals surface area contributed by atoms with Gasteiger partial charge in [-0.25, -0.2) is 0 Å². The molecule has 2 N–H and O–H groups in total. The molecule has 1 atom stereocenters. The zero-order valence-electron chi connectivity index (χ0n) is 9.65. The van der Waals surface area contributed by atoms with Crippen molar-refractivity contribution in [2.75, 3.05) is 13.2 Å². The number of carbonyl (C=O) groups excluding carboxylic acids is 1. The number of rotatable bonds is 6. The minimum absolute atomic E-state index is 0.0435. The second-order valence-corrected chi connectivity index (χ2v) is 4.51. The summed E-state index contributed by atoms with van der Waals surface area (Å²) in [6, 6.07) is 7.04. The molecular formula is C12H16BrNO3. The van der Waals surface area contributed by atoms with Crippen LogP contribution in [-0.2, 0) is 4.79 Å². The summed E-state index contributed by atoms with van der Waals surface area (Å²) >= 11 is 3.31. The van der Waals surface area contributed by atoms with Crippen LogP contribution in [0.1, 0.15) is 13.3 Å². The Balaban J connectivity index is 2.35. The van der Waals surface area contributed by atoms with Crippen LogP contribution < -0.4 is 10.1 Å². The van der Waals surface area contributed by atoms with Gasteiger partial charge in [0.25, 0.3) is 5.91 Å². The highest BCUT2D eigenvalue weighted by molar-refractivity contribution is 9.10. The number of hydrogen-bond acceptors (Lipinski definition) is 3. The Labute approximate surface area is 109 Å². The molecule has 0 fully saturated rings. The van der Waals surface area contributed by atoms with E-state index in [0.717, 1.165) is 4.47 Å². The molecule has 0 aromatic heterocycles. The van der Waals surface area contributed by atoms with Crippen molar-refractivity contribution in [2.24, 2.45) is 0 Å². The Morgan fingerprint density at radius 3 is 2.65 bits per heavy atom. The average Bonchev–Trinajstić information content (AvgIpc) is 2.35. The summed E-state index contributed by atoms with van der Waals surface area (Å²) in [5, 5.41) is 11.6. The van der Waals surface area contributed by atoms with Gasteiger partial charge in [-0.05, 0) is 30.7 Å². The van der Waals surface area contributed by atoms with Crippen molar-refractivity contribution in [1.29, 1.82) is 0 Å². The number of amides is 1. The van der Waals surface area contributed by atoms with Gasteiger partial charge >= 0.3 is 0 Å². The third kappa shape index (κ3) is 5.19. The summed E-state index contributed by atoms with van der Waals surface area (Å²) in [5.74, 6) is 0.411. The standard InChI is InChI=1S/C12H16BrNO3/c1-2-10(7-15)14-12(16)8-17-11-5-3-9(13)4-6-11/h3-6,10,15H,2,7-8H2,1H3,(H,14,16)/t10-/m0/s1. The third-order valence-corrected chi connectivity index (χ3v) is 2.79. The largest absolute Gasteiger partial charge is 0.484 e. The molecule has 0 saturated carbocycles. The maximum atomic E-state index is 11.5. The van der Waals surface area contributed by atoms with Gasteiger partial charge in [-0.15, -0.1) is 0 Å². The van der Waals surface area contributed by atoms with E-state index in [4.69, 9.17) is 9.84 Å². The van der Waals surface area contributed by atoms with Gasteiger partial charge in [0.1, 0.15) is 5.75 Å². The molecule has 1 aromatic carbocycles. The summed E-state index contributed by atoms with van der Waals surface area (Å²) in [5.41, 5.74) is 0. The normalized spacial score (nSPS) is 11.9. The Hall–Kier alpha value is -1.07. The Kier molecular flexibility index (Phi) is 6.00. The summed E-state index contributed by atoms with van der Waals surface area (Å²) in [4.78, 5) is 11.5. The topological polar surface area (TPSA) is 58.6 Å². The number of ether oxygens (including phenoxy) is 1. The summed E-state index contributed by atoms with van der Waals surface area (Å²) < 4.78 is 6.26. The molecule has 0 spiro atoms. The van der Waals surface area contributed by atoms with Gasteiger partial charge in [0.2, 0.25) is 0 Å². The molecule has 0 aliphatic heterocycles. The number of carbonyl (C=O) groups is 1. The highest BCUT2D eigenvalue weighted by Crippen LogP contribution is 2.15. The van der Waals surface area contributed by atoms with Crippen molar-refractivity contribution in [3.63, 3.8) is 0 Å². The van der Waals surface area contributed by atoms with Crippen LogP contribution in [0, 0.1) is 0 Å². The van der Waals surface area contributed by atoms with E-state index in [1.165, 1.54) is 0 Å². The SMILES string of the molecule is CC[C@@H](CO)NC(=O)COc1ccc(Br)cc1. The lowest BCUT2D eigenvalue weighted by molar-refractivity contribution is -0.124. The first kappa shape index (κ1) is 14.0. The molecule has 0 aliphatic carbocycles. The van der Waals surface area contributed by atoms with Crippen LogP contribution in [-0.4, -0.2) is 30.3 Å². The molecule has 94 valence electrons. The molecule has 0 unspecified atom stereocenters. The number of aliphatic hydroxyl groups excluding tert-OH is 1. The van der Waals surface area contributed by atoms with Crippen molar-refractivity contribution < 1.29 is 14.6 Å². The van der Waals surface area contributed by atoms with Gasteiger partial charge in [0.05, 0.1) is 12.6 Å². The molecule has 0 aliphatic rings. The van der Waals surface area contributed by atoms with Crippen molar-refractivity contribution in [1.82, 2.24) is 5.32 Å². The van der Waals surface area contributed by atoms with E-state index in [0.29, 0.717) is 12.2 Å². The second kappa shape index (κ2) is 7.29. The fraction of sp³-hybridized carbons (Fsp3) is 0.417. The van der Waals surface area contributed by atoms with Gasteiger partial charge in [-0.1, -0.05) is 22.9 Å². The average molecular weight is 302 g/mol. The number of benzene rings is 1. The van der Waals surface area contributed by atoms with E-state index in [9.17, 15) is 4.79 Å². The minimum Gasteiger partial charge on any atom is -0.484 e. The second-order valence-electron chi connectivity index (χ2n) is 3.60. The number of halogens is 1. The molecule has 0 bridgehead atoms. The molecule has 0 saturated heterocycles. The predicted molar refractivity (Wildman–Crippen MR) is 68.9 cm³/mol. The van der Waals surface area contributed by atoms with Crippen molar-refractivity contribution in [3.05, 3.63) is 28.7 Å². The number of aliphatic hydroxyl groups is 1. The summed E-state index contributed by atoms with van der Waals surface area (Å²) in [6.45, 7) is 1.80. The van der Waals surface area contributed by atoms with Gasteiger partial charge in [0, 0.05) is 4.47 Å². The van der Waals surface area contributed by atoms with E-state index < -0.39 is 0 Å². The lowest BCUT2D eigenvalue weighted by Gasteiger charge is -2.14. The highest BCUT2D eigenvalue weighted by Gasteiger charge is 2.09. The van der Waals surface area contributed by atoms with Gasteiger partial charge in [-0.3, -0.25) is 4.79 Å². The molecule has 4 nitrogen and oxygen atoms in total. The van der Waals surface area contributed by atoms with Gasteiger partial charge in [0.15, 0.2) is 6.61 Å². The zero-order valence-corrected chi connectivity index (χ0v) is 11.2. The predicted octanol–water partition coefficient (Wildman–Crippen LogP) is 1.71. The third-order valence-electron chi connectivity index (χ3n) is 2.26. The number of hydrogen-bond donors (Lipinski definition) is 2. The lowest BCUT2D eigenvalue weighted by atomic mass is 10.2. The summed E-state index contributed by atoms with van der Waals surface area (Å²) in [6.07, 6.45) is 0.695. The monoisotopic (exact) mass is 301 g/mol. The van der Waals surface area contributed by atoms with E-state index in [1.54, 1.807) is 12.1 Å². The van der Waals surface area contributed by atoms with Crippen molar-refractivity contribution in [2.45, 2.75) is 19.4 Å². The molecule has 0 heterocycles. The Morgan fingerprint density at radius 2 is 2.12 bits per heavy atom. The minimum atomic E-state index is -0.228. The molecule has 0 radical (unpaired) electrons. The fourth-order valence-corrected chi connectivity index (χ4v) is 1.49. The van der Waals surface area contributed by atoms with Crippen LogP contribution in [0.3, 0.4) is 0 Å². The van der Waals surface area contributed by atoms with E-state index in [1.807, 2.05) is 19.1 Å². The first-order valence-electron chi connectivity index (χ1n) is 5.44. The zero-order chi connectivity index (χ0) is 12.7. The van der Waals surface area contributed by atoms with Crippen LogP contribution in [0.25, 0.3) is 0 Å². The van der Waals surface area contributed by atoms with E-state index >= 15 is 0 Å². The van der Waals surface area contributed by atoms with Crippen LogP contribution in [0.4, 0.5) is 0 Å². The molecule has 1 amide bonds. The van der Waals surface area contributed by atoms with Crippen molar-refractivity contribution in [3.8, 4) is 5.75 Å². The van der Waals surface area contributed by atoms with E-state index in [2.05, 4.69) is 21.2 Å². The quantitative estimate of drug-likeness (QED) is 0.841. The van der Waals surface area contributed by atoms with Gasteiger partial charge in [-0.2, -0.15) is 0 Å². The fourth-order valence-electron chi connectivity index (χ4n) is 1.23. The Morgan fingerprint density at radius 1 is 1.47 bits per heavy atom. The molecule has 17 heavy (non-hydrogen) atoms. The van der Waals surface area contributed by atoms with Crippen LogP contribution in [0.2, 0.25) is 0 Å². The van der Waals surface area contributed by atoms with Crippen molar-refractivity contribution >= 4 is 21.8 Å². The first-order valence-corrected chi connectivity index (χ1v) is 6.23. The van der Waals surface area contributed by atoms with Gasteiger partial charge < -0.3 is 15.2 Å². The van der Waals surface area contributed by atoms with E-state index in [-0.39, 0.29) is 25.2 Å². The lowest BCUT2D eigenvalue weighted by Crippen LogP contribution is -2.39. The maximum Gasteiger partial charge on any atom is 0.258 e. The molecular weight excluding hydrogens is 286 g/mol. The number of nitrogens with one attached hydrogen (secondary N) is 1. The molecule has 1 rings (SSSR count). The van der Waals surface area contributed by atoms with Crippen LogP contribution in [0.15, 0.2) is 28.7 Å². The van der Waals surface area contributed by atoms with Crippen LogP contribution >= 0.6 is 15.9 Å². The van der Waals surface area contributed by atoms with Crippen LogP contribution in [0.5, 0.6) is 5.75 Å². The summed E-state index contributed by atoms with van der Waals surface area (Å²) in [7, 11) is 0. The molecule has 1 aromatic rings. The highest BCUT2D eigenvalue weighted by atomic mass is 79.9. The smallest absolute Gasteiger partial charge is 0.258 e.